The second-order valence-corrected chi connectivity index (χ2v) is 3.59. The first-order valence-electron chi connectivity index (χ1n) is 6.19. The van der Waals surface area contributed by atoms with E-state index in [1.54, 1.807) is 0 Å². The summed E-state index contributed by atoms with van der Waals surface area (Å²) >= 11 is 0. The van der Waals surface area contributed by atoms with Crippen LogP contribution < -0.4 is 5.32 Å². The summed E-state index contributed by atoms with van der Waals surface area (Å²) in [4.78, 5) is 11.1. The average molecular weight is 241 g/mol. The van der Waals surface area contributed by atoms with Gasteiger partial charge in [0, 0.05) is 18.2 Å². The van der Waals surface area contributed by atoms with Gasteiger partial charge in [0.1, 0.15) is 0 Å². The number of carbonyl (C=O) groups excluding carboxylic acids is 1. The number of nitrogens with one attached hydrogen (secondary N) is 1. The van der Waals surface area contributed by atoms with Gasteiger partial charge in [0.2, 0.25) is 5.91 Å². The van der Waals surface area contributed by atoms with Crippen LogP contribution in [0.25, 0.3) is 11.1 Å². The average Bonchev–Trinajstić information content (AvgIpc) is 2.42. The lowest BCUT2D eigenvalue weighted by molar-refractivity contribution is -0.114. The fourth-order valence-electron chi connectivity index (χ4n) is 1.65. The van der Waals surface area contributed by atoms with Crippen LogP contribution in [0.5, 0.6) is 0 Å². The summed E-state index contributed by atoms with van der Waals surface area (Å²) in [5.74, 6) is -0.0524. The predicted molar refractivity (Wildman–Crippen MR) is 77.5 cm³/mol. The van der Waals surface area contributed by atoms with E-state index in [4.69, 9.17) is 0 Å². The van der Waals surface area contributed by atoms with E-state index in [-0.39, 0.29) is 5.91 Å². The Morgan fingerprint density at radius 3 is 2.06 bits per heavy atom. The predicted octanol–water partition coefficient (Wildman–Crippen LogP) is 4.34. The molecule has 0 unspecified atom stereocenters. The van der Waals surface area contributed by atoms with Gasteiger partial charge in [-0.3, -0.25) is 4.79 Å². The third kappa shape index (κ3) is 3.74. The van der Waals surface area contributed by atoms with Crippen LogP contribution in [0.3, 0.4) is 0 Å². The molecule has 2 rings (SSSR count). The smallest absolute Gasteiger partial charge is 0.221 e. The summed E-state index contributed by atoms with van der Waals surface area (Å²) in [6.45, 7) is 5.52. The van der Waals surface area contributed by atoms with E-state index in [0.29, 0.717) is 0 Å². The lowest BCUT2D eigenvalue weighted by atomic mass is 10.0. The number of anilines is 1. The van der Waals surface area contributed by atoms with Gasteiger partial charge in [0.15, 0.2) is 0 Å². The van der Waals surface area contributed by atoms with Gasteiger partial charge in [0.05, 0.1) is 0 Å². The number of carbonyl (C=O) groups is 1. The number of amides is 1. The normalized spacial score (nSPS) is 9.06. The molecule has 0 spiro atoms. The molecule has 0 aliphatic carbocycles. The van der Waals surface area contributed by atoms with Gasteiger partial charge in [-0.25, -0.2) is 0 Å². The monoisotopic (exact) mass is 241 g/mol. The molecule has 0 saturated heterocycles. The molecule has 0 fully saturated rings. The van der Waals surface area contributed by atoms with E-state index in [2.05, 4.69) is 5.32 Å². The number of hydrogen-bond acceptors (Lipinski definition) is 1. The van der Waals surface area contributed by atoms with Crippen molar-refractivity contribution >= 4 is 11.6 Å². The Balaban J connectivity index is 0.000000771. The largest absolute Gasteiger partial charge is 0.326 e. The number of benzene rings is 2. The first-order valence-corrected chi connectivity index (χ1v) is 6.19. The molecule has 0 aliphatic rings. The second-order valence-electron chi connectivity index (χ2n) is 3.59. The van der Waals surface area contributed by atoms with E-state index >= 15 is 0 Å². The van der Waals surface area contributed by atoms with E-state index in [1.807, 2.05) is 68.4 Å². The highest BCUT2D eigenvalue weighted by atomic mass is 16.1. The highest BCUT2D eigenvalue weighted by Crippen LogP contribution is 2.27. The molecule has 0 bridgehead atoms. The van der Waals surface area contributed by atoms with Crippen LogP contribution in [-0.2, 0) is 4.79 Å². The molecule has 18 heavy (non-hydrogen) atoms. The highest BCUT2D eigenvalue weighted by Gasteiger charge is 2.04. The Kier molecular flexibility index (Phi) is 5.65. The topological polar surface area (TPSA) is 29.1 Å². The SMILES string of the molecule is CC.CC(=O)Nc1ccccc1-c1ccccc1. The third-order valence-corrected chi connectivity index (χ3v) is 2.32. The van der Waals surface area contributed by atoms with Crippen molar-refractivity contribution in [2.75, 3.05) is 5.32 Å². The molecule has 0 saturated carbocycles. The van der Waals surface area contributed by atoms with Crippen molar-refractivity contribution in [3.8, 4) is 11.1 Å². The van der Waals surface area contributed by atoms with Crippen molar-refractivity contribution < 1.29 is 4.79 Å². The van der Waals surface area contributed by atoms with Crippen molar-refractivity contribution in [1.29, 1.82) is 0 Å². The zero-order valence-corrected chi connectivity index (χ0v) is 11.1. The van der Waals surface area contributed by atoms with E-state index < -0.39 is 0 Å². The molecule has 0 aliphatic heterocycles. The highest BCUT2D eigenvalue weighted by molar-refractivity contribution is 5.94. The summed E-state index contributed by atoms with van der Waals surface area (Å²) in [5.41, 5.74) is 2.99. The Morgan fingerprint density at radius 2 is 1.44 bits per heavy atom. The Hall–Kier alpha value is -2.09. The van der Waals surface area contributed by atoms with Crippen molar-refractivity contribution in [3.63, 3.8) is 0 Å². The van der Waals surface area contributed by atoms with Gasteiger partial charge in [-0.1, -0.05) is 62.4 Å². The number of para-hydroxylation sites is 1. The molecule has 0 aromatic heterocycles. The maximum atomic E-state index is 11.1. The molecule has 2 aromatic carbocycles. The minimum absolute atomic E-state index is 0.0524. The molecule has 2 aromatic rings. The van der Waals surface area contributed by atoms with Crippen LogP contribution in [0.1, 0.15) is 20.8 Å². The maximum Gasteiger partial charge on any atom is 0.221 e. The molecule has 1 amide bonds. The van der Waals surface area contributed by atoms with E-state index in [1.165, 1.54) is 6.92 Å². The van der Waals surface area contributed by atoms with Crippen LogP contribution in [-0.4, -0.2) is 5.91 Å². The summed E-state index contributed by atoms with van der Waals surface area (Å²) in [6, 6.07) is 17.8. The van der Waals surface area contributed by atoms with Crippen molar-refractivity contribution in [2.45, 2.75) is 20.8 Å². The van der Waals surface area contributed by atoms with Gasteiger partial charge >= 0.3 is 0 Å². The molecule has 0 atom stereocenters. The standard InChI is InChI=1S/C14H13NO.C2H6/c1-11(16)15-14-10-6-5-9-13(14)12-7-3-2-4-8-12;1-2/h2-10H,1H3,(H,15,16);1-2H3. The zero-order chi connectivity index (χ0) is 13.4. The molecule has 0 heterocycles. The fourth-order valence-corrected chi connectivity index (χ4v) is 1.65. The van der Waals surface area contributed by atoms with Crippen LogP contribution >= 0.6 is 0 Å². The lowest BCUT2D eigenvalue weighted by Crippen LogP contribution is -2.06. The Labute approximate surface area is 109 Å². The minimum atomic E-state index is -0.0524. The minimum Gasteiger partial charge on any atom is -0.326 e. The van der Waals surface area contributed by atoms with E-state index in [0.717, 1.165) is 16.8 Å². The van der Waals surface area contributed by atoms with Gasteiger partial charge in [-0.2, -0.15) is 0 Å². The molecular formula is C16H19NO. The fraction of sp³-hybridized carbons (Fsp3) is 0.188. The van der Waals surface area contributed by atoms with Gasteiger partial charge in [-0.15, -0.1) is 0 Å². The summed E-state index contributed by atoms with van der Waals surface area (Å²) in [6.07, 6.45) is 0. The first kappa shape index (κ1) is 14.0. The molecule has 1 N–H and O–H groups in total. The van der Waals surface area contributed by atoms with Crippen molar-refractivity contribution in [1.82, 2.24) is 0 Å². The van der Waals surface area contributed by atoms with Crippen molar-refractivity contribution in [2.24, 2.45) is 0 Å². The third-order valence-electron chi connectivity index (χ3n) is 2.32. The van der Waals surface area contributed by atoms with Crippen LogP contribution in [0.15, 0.2) is 54.6 Å². The summed E-state index contributed by atoms with van der Waals surface area (Å²) in [7, 11) is 0. The second kappa shape index (κ2) is 7.28. The maximum absolute atomic E-state index is 11.1. The molecule has 94 valence electrons. The lowest BCUT2D eigenvalue weighted by Gasteiger charge is -2.09. The Bertz CT molecular complexity index is 491. The quantitative estimate of drug-likeness (QED) is 0.832. The summed E-state index contributed by atoms with van der Waals surface area (Å²) < 4.78 is 0. The number of rotatable bonds is 2. The van der Waals surface area contributed by atoms with Crippen molar-refractivity contribution in [3.05, 3.63) is 54.6 Å². The van der Waals surface area contributed by atoms with Gasteiger partial charge in [0.25, 0.3) is 0 Å². The molecule has 0 radical (unpaired) electrons. The first-order chi connectivity index (χ1) is 8.77. The summed E-state index contributed by atoms with van der Waals surface area (Å²) in [5, 5.41) is 2.83. The zero-order valence-electron chi connectivity index (χ0n) is 11.1. The van der Waals surface area contributed by atoms with Gasteiger partial charge < -0.3 is 5.32 Å². The molecule has 2 nitrogen and oxygen atoms in total. The Morgan fingerprint density at radius 1 is 0.889 bits per heavy atom. The van der Waals surface area contributed by atoms with Crippen LogP contribution in [0.4, 0.5) is 5.69 Å². The van der Waals surface area contributed by atoms with Gasteiger partial charge in [-0.05, 0) is 11.6 Å². The number of hydrogen-bond donors (Lipinski definition) is 1. The van der Waals surface area contributed by atoms with E-state index in [9.17, 15) is 4.79 Å². The van der Waals surface area contributed by atoms with Crippen LogP contribution in [0, 0.1) is 0 Å². The molecule has 2 heteroatoms. The van der Waals surface area contributed by atoms with Crippen LogP contribution in [0.2, 0.25) is 0 Å². The molecular weight excluding hydrogens is 222 g/mol.